The van der Waals surface area contributed by atoms with Gasteiger partial charge in [0.2, 0.25) is 5.91 Å². The Hall–Kier alpha value is -2.97. The van der Waals surface area contributed by atoms with Crippen molar-refractivity contribution in [3.05, 3.63) is 86.7 Å². The molecule has 4 aromatic rings. The van der Waals surface area contributed by atoms with E-state index in [1.807, 2.05) is 60.7 Å². The van der Waals surface area contributed by atoms with Gasteiger partial charge in [0.05, 0.1) is 16.8 Å². The number of fused-ring (bicyclic) bond motifs is 2. The normalized spacial score (nSPS) is 13.0. The molecule has 0 saturated carbocycles. The van der Waals surface area contributed by atoms with Gasteiger partial charge in [-0.05, 0) is 73.7 Å². The number of benzene rings is 2. The van der Waals surface area contributed by atoms with Gasteiger partial charge in [0.1, 0.15) is 0 Å². The number of rotatable bonds is 5. The van der Waals surface area contributed by atoms with Crippen LogP contribution in [-0.2, 0) is 17.6 Å². The first-order valence-corrected chi connectivity index (χ1v) is 12.6. The second-order valence-corrected chi connectivity index (χ2v) is 9.74. The summed E-state index contributed by atoms with van der Waals surface area (Å²) in [4.78, 5) is 35.6. The molecule has 2 heterocycles. The largest absolute Gasteiger partial charge is 0.325 e. The van der Waals surface area contributed by atoms with Gasteiger partial charge in [-0.1, -0.05) is 45.9 Å². The third kappa shape index (κ3) is 4.72. The fourth-order valence-corrected chi connectivity index (χ4v) is 5.04. The van der Waals surface area contributed by atoms with Crippen LogP contribution in [0.4, 0.5) is 5.69 Å². The Morgan fingerprint density at radius 2 is 1.79 bits per heavy atom. The molecule has 0 radical (unpaired) electrons. The maximum absolute atomic E-state index is 13.6. The lowest BCUT2D eigenvalue weighted by atomic mass is 9.95. The summed E-state index contributed by atoms with van der Waals surface area (Å²) in [6, 6.07) is 18.7. The van der Waals surface area contributed by atoms with Gasteiger partial charge in [-0.15, -0.1) is 0 Å². The summed E-state index contributed by atoms with van der Waals surface area (Å²) in [5.74, 6) is -0.0547. The van der Waals surface area contributed by atoms with Crippen molar-refractivity contribution < 1.29 is 4.79 Å². The lowest BCUT2D eigenvalue weighted by Gasteiger charge is -2.17. The first kappa shape index (κ1) is 21.9. The maximum Gasteiger partial charge on any atom is 0.268 e. The van der Waals surface area contributed by atoms with Crippen LogP contribution in [0.2, 0.25) is 0 Å². The Balaban J connectivity index is 1.51. The van der Waals surface area contributed by atoms with E-state index >= 15 is 0 Å². The quantitative estimate of drug-likeness (QED) is 0.290. The lowest BCUT2D eigenvalue weighted by Crippen LogP contribution is -2.24. The van der Waals surface area contributed by atoms with Crippen molar-refractivity contribution >= 4 is 50.3 Å². The highest BCUT2D eigenvalue weighted by Gasteiger charge is 2.19. The van der Waals surface area contributed by atoms with E-state index in [0.29, 0.717) is 27.6 Å². The minimum Gasteiger partial charge on any atom is -0.325 e. The Morgan fingerprint density at radius 1 is 1.03 bits per heavy atom. The average Bonchev–Trinajstić information content (AvgIpc) is 2.84. The van der Waals surface area contributed by atoms with Crippen LogP contribution in [0.5, 0.6) is 0 Å². The molecular formula is C25H21BrN4O2S. The molecule has 1 N–H and O–H groups in total. The summed E-state index contributed by atoms with van der Waals surface area (Å²) in [6.07, 6.45) is 4.06. The number of carbonyl (C=O) groups excluding carboxylic acids is 1. The molecule has 33 heavy (non-hydrogen) atoms. The molecule has 0 bridgehead atoms. The zero-order valence-corrected chi connectivity index (χ0v) is 20.2. The number of hydrogen-bond donors (Lipinski definition) is 1. The second kappa shape index (κ2) is 9.49. The number of anilines is 1. The van der Waals surface area contributed by atoms with Gasteiger partial charge in [-0.25, -0.2) is 9.97 Å². The van der Waals surface area contributed by atoms with Gasteiger partial charge >= 0.3 is 0 Å². The predicted octanol–water partition coefficient (Wildman–Crippen LogP) is 5.15. The molecular weight excluding hydrogens is 500 g/mol. The first-order chi connectivity index (χ1) is 16.1. The monoisotopic (exact) mass is 520 g/mol. The van der Waals surface area contributed by atoms with Crippen molar-refractivity contribution in [3.8, 4) is 5.69 Å². The number of para-hydroxylation sites is 1. The van der Waals surface area contributed by atoms with Crippen molar-refractivity contribution in [2.45, 2.75) is 30.8 Å². The van der Waals surface area contributed by atoms with E-state index in [9.17, 15) is 9.59 Å². The van der Waals surface area contributed by atoms with Crippen LogP contribution < -0.4 is 10.9 Å². The van der Waals surface area contributed by atoms with Gasteiger partial charge in [0, 0.05) is 15.9 Å². The smallest absolute Gasteiger partial charge is 0.268 e. The molecule has 0 fully saturated rings. The van der Waals surface area contributed by atoms with Crippen molar-refractivity contribution in [2.24, 2.45) is 0 Å². The zero-order valence-electron chi connectivity index (χ0n) is 17.8. The summed E-state index contributed by atoms with van der Waals surface area (Å²) < 4.78 is 2.52. The van der Waals surface area contributed by atoms with E-state index < -0.39 is 0 Å². The van der Waals surface area contributed by atoms with Gasteiger partial charge in [-0.2, -0.15) is 0 Å². The number of hydrogen-bond acceptors (Lipinski definition) is 5. The Morgan fingerprint density at radius 3 is 2.58 bits per heavy atom. The number of thioether (sulfide) groups is 1. The number of amides is 1. The highest BCUT2D eigenvalue weighted by atomic mass is 79.9. The molecule has 1 aliphatic carbocycles. The number of halogens is 1. The Kier molecular flexibility index (Phi) is 6.28. The highest BCUT2D eigenvalue weighted by molar-refractivity contribution is 9.10. The number of nitrogens with zero attached hydrogens (tertiary/aromatic N) is 3. The summed E-state index contributed by atoms with van der Waals surface area (Å²) in [6.45, 7) is 0. The van der Waals surface area contributed by atoms with E-state index in [-0.39, 0.29) is 17.2 Å². The summed E-state index contributed by atoms with van der Waals surface area (Å²) in [5.41, 5.74) is 3.88. The zero-order chi connectivity index (χ0) is 22.8. The number of nitrogens with one attached hydrogen (secondary N) is 1. The molecule has 0 unspecified atom stereocenters. The number of carbonyl (C=O) groups is 1. The fraction of sp³-hybridized carbons (Fsp3) is 0.200. The standard InChI is InChI=1S/C25H21BrN4O2S/c26-17-10-12-18(13-11-17)27-22(31)15-33-25-29-23-20(14-16-6-4-5-9-21(16)28-23)24(32)30(25)19-7-2-1-3-8-19/h1-3,7-8,10-14H,4-6,9,15H2,(H,27,31). The van der Waals surface area contributed by atoms with E-state index in [1.54, 1.807) is 4.57 Å². The van der Waals surface area contributed by atoms with Gasteiger partial charge in [-0.3, -0.25) is 14.2 Å². The van der Waals surface area contributed by atoms with Gasteiger partial charge < -0.3 is 5.32 Å². The van der Waals surface area contributed by atoms with Crippen LogP contribution in [-0.4, -0.2) is 26.2 Å². The Bertz CT molecular complexity index is 1390. The third-order valence-electron chi connectivity index (χ3n) is 5.58. The second-order valence-electron chi connectivity index (χ2n) is 7.89. The molecule has 0 saturated heterocycles. The minimum atomic E-state index is -0.172. The topological polar surface area (TPSA) is 76.9 Å². The molecule has 0 spiro atoms. The van der Waals surface area contributed by atoms with Crippen LogP contribution in [0.1, 0.15) is 24.1 Å². The van der Waals surface area contributed by atoms with Crippen LogP contribution in [0.25, 0.3) is 16.7 Å². The molecule has 0 atom stereocenters. The van der Waals surface area contributed by atoms with Crippen molar-refractivity contribution in [2.75, 3.05) is 11.1 Å². The summed E-state index contributed by atoms with van der Waals surface area (Å²) >= 11 is 4.62. The molecule has 0 aliphatic heterocycles. The van der Waals surface area contributed by atoms with E-state index in [1.165, 1.54) is 11.8 Å². The third-order valence-corrected chi connectivity index (χ3v) is 7.05. The van der Waals surface area contributed by atoms with Crippen LogP contribution in [0.3, 0.4) is 0 Å². The Labute approximate surface area is 203 Å². The number of aryl methyl sites for hydroxylation is 2. The first-order valence-electron chi connectivity index (χ1n) is 10.8. The van der Waals surface area contributed by atoms with Crippen LogP contribution in [0.15, 0.2) is 75.1 Å². The minimum absolute atomic E-state index is 0.117. The van der Waals surface area contributed by atoms with Crippen LogP contribution in [0, 0.1) is 0 Å². The molecule has 1 amide bonds. The van der Waals surface area contributed by atoms with E-state index in [0.717, 1.165) is 41.4 Å². The molecule has 2 aromatic carbocycles. The van der Waals surface area contributed by atoms with Crippen molar-refractivity contribution in [3.63, 3.8) is 0 Å². The fourth-order valence-electron chi connectivity index (χ4n) is 3.98. The molecule has 1 aliphatic rings. The molecule has 2 aromatic heterocycles. The summed E-state index contributed by atoms with van der Waals surface area (Å²) in [5, 5.41) is 3.85. The van der Waals surface area contributed by atoms with Crippen LogP contribution >= 0.6 is 27.7 Å². The number of pyridine rings is 1. The summed E-state index contributed by atoms with van der Waals surface area (Å²) in [7, 11) is 0. The van der Waals surface area contributed by atoms with Crippen molar-refractivity contribution in [1.29, 1.82) is 0 Å². The maximum atomic E-state index is 13.6. The van der Waals surface area contributed by atoms with Gasteiger partial charge in [0.15, 0.2) is 10.8 Å². The average molecular weight is 521 g/mol. The SMILES string of the molecule is O=C(CSc1nc2nc3c(cc2c(=O)n1-c1ccccc1)CCCC3)Nc1ccc(Br)cc1. The number of aromatic nitrogens is 3. The van der Waals surface area contributed by atoms with Gasteiger partial charge in [0.25, 0.3) is 5.56 Å². The van der Waals surface area contributed by atoms with Crippen molar-refractivity contribution in [1.82, 2.24) is 14.5 Å². The lowest BCUT2D eigenvalue weighted by molar-refractivity contribution is -0.113. The molecule has 5 rings (SSSR count). The molecule has 166 valence electrons. The highest BCUT2D eigenvalue weighted by Crippen LogP contribution is 2.25. The van der Waals surface area contributed by atoms with E-state index in [2.05, 4.69) is 21.2 Å². The van der Waals surface area contributed by atoms with E-state index in [4.69, 9.17) is 9.97 Å². The molecule has 6 nitrogen and oxygen atoms in total. The predicted molar refractivity (Wildman–Crippen MR) is 135 cm³/mol. The molecule has 8 heteroatoms.